The van der Waals surface area contributed by atoms with Crippen molar-refractivity contribution >= 4 is 33.3 Å². The zero-order chi connectivity index (χ0) is 16.5. The van der Waals surface area contributed by atoms with Gasteiger partial charge in [-0.15, -0.1) is 11.3 Å². The van der Waals surface area contributed by atoms with E-state index in [-0.39, 0.29) is 5.56 Å². The molecule has 2 aromatic heterocycles. The third-order valence-electron chi connectivity index (χ3n) is 4.69. The molecule has 0 spiro atoms. The Morgan fingerprint density at radius 2 is 2.00 bits per heavy atom. The molecule has 0 bridgehead atoms. The Bertz CT molecular complexity index is 928. The van der Waals surface area contributed by atoms with Gasteiger partial charge in [0.15, 0.2) is 5.16 Å². The van der Waals surface area contributed by atoms with Gasteiger partial charge in [0.25, 0.3) is 5.56 Å². The molecule has 0 N–H and O–H groups in total. The van der Waals surface area contributed by atoms with Crippen molar-refractivity contribution in [2.45, 2.75) is 43.8 Å². The zero-order valence-electron chi connectivity index (χ0n) is 13.7. The normalized spacial score (nSPS) is 14.0. The van der Waals surface area contributed by atoms with Crippen LogP contribution in [0, 0.1) is 0 Å². The number of rotatable bonds is 4. The van der Waals surface area contributed by atoms with Gasteiger partial charge in [-0.3, -0.25) is 9.36 Å². The fraction of sp³-hybridized carbons (Fsp3) is 0.368. The summed E-state index contributed by atoms with van der Waals surface area (Å²) in [5.74, 6) is 0. The maximum atomic E-state index is 13.2. The highest BCUT2D eigenvalue weighted by molar-refractivity contribution is 7.98. The molecule has 0 fully saturated rings. The lowest BCUT2D eigenvalue weighted by Crippen LogP contribution is -2.24. The molecule has 5 heteroatoms. The van der Waals surface area contributed by atoms with Crippen LogP contribution in [0.5, 0.6) is 0 Å². The molecule has 1 aliphatic carbocycles. The van der Waals surface area contributed by atoms with E-state index in [0.29, 0.717) is 6.54 Å². The predicted molar refractivity (Wildman–Crippen MR) is 102 cm³/mol. The molecule has 24 heavy (non-hydrogen) atoms. The summed E-state index contributed by atoms with van der Waals surface area (Å²) >= 11 is 3.29. The summed E-state index contributed by atoms with van der Waals surface area (Å²) < 4.78 is 1.88. The fourth-order valence-electron chi connectivity index (χ4n) is 3.46. The summed E-state index contributed by atoms with van der Waals surface area (Å²) in [5, 5.41) is 1.72. The van der Waals surface area contributed by atoms with Gasteiger partial charge in [-0.25, -0.2) is 4.98 Å². The first-order valence-electron chi connectivity index (χ1n) is 8.41. The third kappa shape index (κ3) is 2.80. The molecule has 0 radical (unpaired) electrons. The minimum absolute atomic E-state index is 0.152. The number of aryl methyl sites for hydroxylation is 3. The number of nitrogens with zero attached hydrogens (tertiary/aromatic N) is 2. The Hall–Kier alpha value is -1.59. The minimum atomic E-state index is 0.152. The smallest absolute Gasteiger partial charge is 0.263 e. The van der Waals surface area contributed by atoms with Crippen LogP contribution in [0.1, 0.15) is 28.8 Å². The topological polar surface area (TPSA) is 34.9 Å². The second-order valence-corrected chi connectivity index (χ2v) is 8.04. The molecular formula is C19H20N2OS2. The van der Waals surface area contributed by atoms with Gasteiger partial charge in [-0.1, -0.05) is 42.1 Å². The molecule has 3 aromatic rings. The van der Waals surface area contributed by atoms with Crippen molar-refractivity contribution in [2.24, 2.45) is 0 Å². The second-order valence-electron chi connectivity index (χ2n) is 6.18. The van der Waals surface area contributed by atoms with E-state index in [1.54, 1.807) is 23.1 Å². The molecule has 2 heterocycles. The van der Waals surface area contributed by atoms with Crippen molar-refractivity contribution in [1.29, 1.82) is 0 Å². The number of aromatic nitrogens is 2. The van der Waals surface area contributed by atoms with Crippen molar-refractivity contribution < 1.29 is 0 Å². The van der Waals surface area contributed by atoms with E-state index in [9.17, 15) is 4.79 Å². The molecule has 124 valence electrons. The molecule has 0 aliphatic heterocycles. The molecule has 1 aromatic carbocycles. The first kappa shape index (κ1) is 15.9. The lowest BCUT2D eigenvalue weighted by Gasteiger charge is -2.12. The van der Waals surface area contributed by atoms with Gasteiger partial charge >= 0.3 is 0 Å². The summed E-state index contributed by atoms with van der Waals surface area (Å²) in [4.78, 5) is 20.3. The fourth-order valence-corrected chi connectivity index (χ4v) is 5.35. The van der Waals surface area contributed by atoms with Gasteiger partial charge in [0, 0.05) is 11.4 Å². The highest BCUT2D eigenvalue weighted by Gasteiger charge is 2.21. The highest BCUT2D eigenvalue weighted by Crippen LogP contribution is 2.34. The molecule has 4 rings (SSSR count). The molecular weight excluding hydrogens is 336 g/mol. The first-order chi connectivity index (χ1) is 11.8. The van der Waals surface area contributed by atoms with Gasteiger partial charge in [0.2, 0.25) is 0 Å². The van der Waals surface area contributed by atoms with E-state index in [0.717, 1.165) is 34.6 Å². The molecule has 0 saturated heterocycles. The van der Waals surface area contributed by atoms with Crippen LogP contribution in [0.3, 0.4) is 0 Å². The SMILES string of the molecule is CSc1nc2sc3c(c2c(=O)n1CCc1ccccc1)CCCC3. The molecule has 0 atom stereocenters. The lowest BCUT2D eigenvalue weighted by molar-refractivity contribution is 0.596. The summed E-state index contributed by atoms with van der Waals surface area (Å²) in [6.45, 7) is 0.687. The standard InChI is InChI=1S/C19H20N2OS2/c1-23-19-20-17-16(14-9-5-6-10-15(14)24-17)18(22)21(19)12-11-13-7-3-2-4-8-13/h2-4,7-8H,5-6,9-12H2,1H3. The minimum Gasteiger partial charge on any atom is -0.287 e. The number of hydrogen-bond donors (Lipinski definition) is 0. The van der Waals surface area contributed by atoms with E-state index in [1.165, 1.54) is 28.8 Å². The monoisotopic (exact) mass is 356 g/mol. The van der Waals surface area contributed by atoms with Gasteiger partial charge in [-0.2, -0.15) is 0 Å². The molecule has 3 nitrogen and oxygen atoms in total. The van der Waals surface area contributed by atoms with E-state index >= 15 is 0 Å². The molecule has 0 saturated carbocycles. The van der Waals surface area contributed by atoms with E-state index < -0.39 is 0 Å². The lowest BCUT2D eigenvalue weighted by atomic mass is 9.97. The summed E-state index contributed by atoms with van der Waals surface area (Å²) in [6.07, 6.45) is 7.41. The Morgan fingerprint density at radius 3 is 2.79 bits per heavy atom. The number of benzene rings is 1. The van der Waals surface area contributed by atoms with Crippen LogP contribution in [0.2, 0.25) is 0 Å². The number of hydrogen-bond acceptors (Lipinski definition) is 4. The predicted octanol–water partition coefficient (Wildman–Crippen LogP) is 4.30. The quantitative estimate of drug-likeness (QED) is 0.516. The van der Waals surface area contributed by atoms with Crippen LogP contribution in [-0.4, -0.2) is 15.8 Å². The zero-order valence-corrected chi connectivity index (χ0v) is 15.4. The van der Waals surface area contributed by atoms with Crippen molar-refractivity contribution in [3.05, 3.63) is 56.7 Å². The number of thioether (sulfide) groups is 1. The van der Waals surface area contributed by atoms with Gasteiger partial charge in [0.05, 0.1) is 5.39 Å². The van der Waals surface area contributed by atoms with Crippen molar-refractivity contribution in [3.63, 3.8) is 0 Å². The van der Waals surface area contributed by atoms with Gasteiger partial charge in [-0.05, 0) is 49.5 Å². The largest absolute Gasteiger partial charge is 0.287 e. The van der Waals surface area contributed by atoms with Crippen LogP contribution < -0.4 is 5.56 Å². The maximum absolute atomic E-state index is 13.2. The Kier molecular flexibility index (Phi) is 4.46. The average Bonchev–Trinajstić information content (AvgIpc) is 3.00. The van der Waals surface area contributed by atoms with Crippen molar-refractivity contribution in [1.82, 2.24) is 9.55 Å². The highest BCUT2D eigenvalue weighted by atomic mass is 32.2. The summed E-state index contributed by atoms with van der Waals surface area (Å²) in [6, 6.07) is 10.3. The Morgan fingerprint density at radius 1 is 1.21 bits per heavy atom. The van der Waals surface area contributed by atoms with E-state index in [4.69, 9.17) is 4.98 Å². The van der Waals surface area contributed by atoms with Crippen LogP contribution in [0.25, 0.3) is 10.2 Å². The third-order valence-corrected chi connectivity index (χ3v) is 6.55. The average molecular weight is 357 g/mol. The molecule has 0 unspecified atom stereocenters. The van der Waals surface area contributed by atoms with Crippen LogP contribution in [0.15, 0.2) is 40.3 Å². The second kappa shape index (κ2) is 6.73. The van der Waals surface area contributed by atoms with Gasteiger partial charge in [0.1, 0.15) is 4.83 Å². The number of thiophene rings is 1. The Balaban J connectivity index is 1.78. The number of fused-ring (bicyclic) bond motifs is 3. The summed E-state index contributed by atoms with van der Waals surface area (Å²) in [5.41, 5.74) is 2.68. The van der Waals surface area contributed by atoms with E-state index in [2.05, 4.69) is 12.1 Å². The van der Waals surface area contributed by atoms with Crippen molar-refractivity contribution in [2.75, 3.05) is 6.26 Å². The molecule has 0 amide bonds. The van der Waals surface area contributed by atoms with Gasteiger partial charge < -0.3 is 0 Å². The van der Waals surface area contributed by atoms with E-state index in [1.807, 2.05) is 29.0 Å². The summed E-state index contributed by atoms with van der Waals surface area (Å²) in [7, 11) is 0. The maximum Gasteiger partial charge on any atom is 0.263 e. The van der Waals surface area contributed by atoms with Crippen LogP contribution in [-0.2, 0) is 25.8 Å². The van der Waals surface area contributed by atoms with Crippen LogP contribution >= 0.6 is 23.1 Å². The molecule has 1 aliphatic rings. The Labute approximate surface area is 149 Å². The van der Waals surface area contributed by atoms with Crippen LogP contribution in [0.4, 0.5) is 0 Å². The van der Waals surface area contributed by atoms with Crippen molar-refractivity contribution in [3.8, 4) is 0 Å². The first-order valence-corrected chi connectivity index (χ1v) is 10.4.